The third-order valence-electron chi connectivity index (χ3n) is 5.26. The van der Waals surface area contributed by atoms with Gasteiger partial charge in [0.15, 0.2) is 5.96 Å². The zero-order valence-electron chi connectivity index (χ0n) is 17.2. The van der Waals surface area contributed by atoms with Crippen LogP contribution in [0, 0.1) is 5.41 Å². The lowest BCUT2D eigenvalue weighted by atomic mass is 9.67. The lowest BCUT2D eigenvalue weighted by molar-refractivity contribution is -0.138. The molecular formula is C20H31F3IN3O2. The summed E-state index contributed by atoms with van der Waals surface area (Å²) in [7, 11) is 3.04. The predicted molar refractivity (Wildman–Crippen MR) is 119 cm³/mol. The standard InChI is InChI=1S/C20H30F3N3O2.HI/c1-4-24-18(26-14-19(8-5-9-19)10-11-27-2)25-13-15-6-7-16(28-3)12-17(15)20(21,22)23;/h6-7,12H,4-5,8-11,13-14H2,1-3H3,(H2,24,25,26);1H. The zero-order valence-corrected chi connectivity index (χ0v) is 19.5. The highest BCUT2D eigenvalue weighted by Gasteiger charge is 2.36. The summed E-state index contributed by atoms with van der Waals surface area (Å²) in [6.45, 7) is 3.92. The van der Waals surface area contributed by atoms with Gasteiger partial charge in [0, 0.05) is 26.8 Å². The molecule has 9 heteroatoms. The first-order valence-electron chi connectivity index (χ1n) is 9.59. The fourth-order valence-electron chi connectivity index (χ4n) is 3.37. The fraction of sp³-hybridized carbons (Fsp3) is 0.650. The molecule has 1 fully saturated rings. The number of methoxy groups -OCH3 is 2. The topological polar surface area (TPSA) is 54.9 Å². The second-order valence-corrected chi connectivity index (χ2v) is 7.17. The van der Waals surface area contributed by atoms with Crippen LogP contribution in [0.4, 0.5) is 13.2 Å². The van der Waals surface area contributed by atoms with E-state index in [0.29, 0.717) is 19.1 Å². The van der Waals surface area contributed by atoms with Crippen LogP contribution in [-0.4, -0.2) is 39.9 Å². The molecule has 0 heterocycles. The van der Waals surface area contributed by atoms with E-state index in [2.05, 4.69) is 15.6 Å². The maximum Gasteiger partial charge on any atom is 0.416 e. The Kier molecular flexibility index (Phi) is 10.5. The molecule has 1 aliphatic rings. The largest absolute Gasteiger partial charge is 0.497 e. The number of hydrogen-bond donors (Lipinski definition) is 2. The van der Waals surface area contributed by atoms with Crippen LogP contribution in [-0.2, 0) is 17.5 Å². The van der Waals surface area contributed by atoms with E-state index in [-0.39, 0.29) is 47.2 Å². The van der Waals surface area contributed by atoms with Crippen molar-refractivity contribution >= 4 is 29.9 Å². The third-order valence-corrected chi connectivity index (χ3v) is 5.26. The van der Waals surface area contributed by atoms with Crippen LogP contribution in [0.15, 0.2) is 23.2 Å². The maximum atomic E-state index is 13.4. The maximum absolute atomic E-state index is 13.4. The number of nitrogens with one attached hydrogen (secondary N) is 2. The highest BCUT2D eigenvalue weighted by molar-refractivity contribution is 14.0. The molecule has 0 aromatic heterocycles. The molecule has 0 saturated heterocycles. The van der Waals surface area contributed by atoms with Crippen molar-refractivity contribution in [2.45, 2.75) is 45.3 Å². The van der Waals surface area contributed by atoms with E-state index < -0.39 is 11.7 Å². The van der Waals surface area contributed by atoms with Gasteiger partial charge in [0.05, 0.1) is 19.2 Å². The van der Waals surface area contributed by atoms with Gasteiger partial charge in [-0.15, -0.1) is 24.0 Å². The number of rotatable bonds is 9. The van der Waals surface area contributed by atoms with Gasteiger partial charge in [-0.1, -0.05) is 12.5 Å². The van der Waals surface area contributed by atoms with Crippen molar-refractivity contribution in [2.24, 2.45) is 10.4 Å². The van der Waals surface area contributed by atoms with Gasteiger partial charge in [-0.05, 0) is 49.3 Å². The highest BCUT2D eigenvalue weighted by Crippen LogP contribution is 2.43. The number of benzene rings is 1. The molecule has 0 radical (unpaired) electrons. The Hall–Kier alpha value is -1.23. The van der Waals surface area contributed by atoms with Crippen molar-refractivity contribution in [1.29, 1.82) is 0 Å². The van der Waals surface area contributed by atoms with E-state index in [1.807, 2.05) is 6.92 Å². The molecule has 5 nitrogen and oxygen atoms in total. The summed E-state index contributed by atoms with van der Waals surface area (Å²) < 4.78 is 50.2. The van der Waals surface area contributed by atoms with Crippen molar-refractivity contribution in [3.63, 3.8) is 0 Å². The van der Waals surface area contributed by atoms with Gasteiger partial charge in [0.25, 0.3) is 0 Å². The summed E-state index contributed by atoms with van der Waals surface area (Å²) in [5, 5.41) is 6.41. The summed E-state index contributed by atoms with van der Waals surface area (Å²) in [4.78, 5) is 4.38. The summed E-state index contributed by atoms with van der Waals surface area (Å²) in [5.41, 5.74) is -0.422. The second kappa shape index (κ2) is 11.8. The van der Waals surface area contributed by atoms with Gasteiger partial charge in [-0.25, -0.2) is 4.99 Å². The molecule has 29 heavy (non-hydrogen) atoms. The van der Waals surface area contributed by atoms with E-state index >= 15 is 0 Å². The van der Waals surface area contributed by atoms with Gasteiger partial charge >= 0.3 is 6.18 Å². The first kappa shape index (κ1) is 25.8. The Morgan fingerprint density at radius 1 is 1.21 bits per heavy atom. The summed E-state index contributed by atoms with van der Waals surface area (Å²) in [6.07, 6.45) is -0.0489. The third kappa shape index (κ3) is 7.51. The highest BCUT2D eigenvalue weighted by atomic mass is 127. The summed E-state index contributed by atoms with van der Waals surface area (Å²) in [6, 6.07) is 3.95. The number of halogens is 4. The molecule has 0 unspecified atom stereocenters. The van der Waals surface area contributed by atoms with Crippen LogP contribution in [0.1, 0.15) is 43.7 Å². The van der Waals surface area contributed by atoms with E-state index in [1.54, 1.807) is 7.11 Å². The SMILES string of the molecule is CCNC(=NCc1ccc(OC)cc1C(F)(F)F)NCC1(CCOC)CCC1.I. The van der Waals surface area contributed by atoms with Crippen molar-refractivity contribution in [3.8, 4) is 5.75 Å². The fourth-order valence-corrected chi connectivity index (χ4v) is 3.37. The Morgan fingerprint density at radius 3 is 2.45 bits per heavy atom. The van der Waals surface area contributed by atoms with Gasteiger partial charge in [-0.3, -0.25) is 0 Å². The lowest BCUT2D eigenvalue weighted by Crippen LogP contribution is -2.47. The van der Waals surface area contributed by atoms with E-state index in [0.717, 1.165) is 31.9 Å². The van der Waals surface area contributed by atoms with Gasteiger partial charge < -0.3 is 20.1 Å². The van der Waals surface area contributed by atoms with Gasteiger partial charge in [0.1, 0.15) is 5.75 Å². The molecule has 2 rings (SSSR count). The number of nitrogens with zero attached hydrogens (tertiary/aromatic N) is 1. The molecule has 0 aliphatic heterocycles. The number of hydrogen-bond acceptors (Lipinski definition) is 3. The molecule has 0 amide bonds. The summed E-state index contributed by atoms with van der Waals surface area (Å²) >= 11 is 0. The number of guanidine groups is 1. The zero-order chi connectivity index (χ0) is 20.6. The number of ether oxygens (including phenoxy) is 2. The molecule has 0 spiro atoms. The normalized spacial score (nSPS) is 15.9. The molecule has 1 aromatic rings. The van der Waals surface area contributed by atoms with E-state index in [4.69, 9.17) is 9.47 Å². The van der Waals surface area contributed by atoms with Crippen LogP contribution < -0.4 is 15.4 Å². The van der Waals surface area contributed by atoms with E-state index in [9.17, 15) is 13.2 Å². The minimum Gasteiger partial charge on any atom is -0.497 e. The van der Waals surface area contributed by atoms with Crippen molar-refractivity contribution in [3.05, 3.63) is 29.3 Å². The van der Waals surface area contributed by atoms with Crippen LogP contribution >= 0.6 is 24.0 Å². The predicted octanol–water partition coefficient (Wildman–Crippen LogP) is 4.59. The molecule has 0 bridgehead atoms. The number of aliphatic imine (C=N–C) groups is 1. The first-order valence-corrected chi connectivity index (χ1v) is 9.59. The Bertz CT molecular complexity index is 665. The Morgan fingerprint density at radius 2 is 1.93 bits per heavy atom. The monoisotopic (exact) mass is 529 g/mol. The smallest absolute Gasteiger partial charge is 0.416 e. The molecule has 0 atom stereocenters. The van der Waals surface area contributed by atoms with Crippen molar-refractivity contribution in [1.82, 2.24) is 10.6 Å². The average molecular weight is 529 g/mol. The Balaban J connectivity index is 0.00000420. The molecule has 1 saturated carbocycles. The van der Waals surface area contributed by atoms with Crippen LogP contribution in [0.2, 0.25) is 0 Å². The van der Waals surface area contributed by atoms with E-state index in [1.165, 1.54) is 25.7 Å². The molecule has 2 N–H and O–H groups in total. The van der Waals surface area contributed by atoms with Crippen molar-refractivity contribution < 1.29 is 22.6 Å². The van der Waals surface area contributed by atoms with Crippen molar-refractivity contribution in [2.75, 3.05) is 33.9 Å². The quantitative estimate of drug-likeness (QED) is 0.279. The first-order chi connectivity index (χ1) is 13.3. The number of alkyl halides is 3. The Labute approximate surface area is 187 Å². The van der Waals surface area contributed by atoms with Crippen LogP contribution in [0.3, 0.4) is 0 Å². The average Bonchev–Trinajstić information content (AvgIpc) is 2.64. The van der Waals surface area contributed by atoms with Crippen LogP contribution in [0.25, 0.3) is 0 Å². The minimum atomic E-state index is -4.46. The van der Waals surface area contributed by atoms with Crippen LogP contribution in [0.5, 0.6) is 5.75 Å². The van der Waals surface area contributed by atoms with Gasteiger partial charge in [-0.2, -0.15) is 13.2 Å². The molecule has 1 aliphatic carbocycles. The lowest BCUT2D eigenvalue weighted by Gasteiger charge is -2.42. The molecule has 1 aromatic carbocycles. The van der Waals surface area contributed by atoms with Gasteiger partial charge in [0.2, 0.25) is 0 Å². The second-order valence-electron chi connectivity index (χ2n) is 7.17. The minimum absolute atomic E-state index is 0. The molecule has 166 valence electrons. The molecular weight excluding hydrogens is 498 g/mol. The summed E-state index contributed by atoms with van der Waals surface area (Å²) in [5.74, 6) is 0.699.